The van der Waals surface area contributed by atoms with Crippen LogP contribution in [0.3, 0.4) is 0 Å². The first-order chi connectivity index (χ1) is 9.93. The van der Waals surface area contributed by atoms with E-state index < -0.39 is 35.5 Å². The number of hydrogen-bond donors (Lipinski definition) is 2. The SMILES string of the molecule is C=CCNC(CN1CC1C(=O)O)c1cc(F)c(F)c(F)c1. The van der Waals surface area contributed by atoms with Gasteiger partial charge in [0.05, 0.1) is 0 Å². The van der Waals surface area contributed by atoms with Gasteiger partial charge in [0.25, 0.3) is 0 Å². The van der Waals surface area contributed by atoms with Gasteiger partial charge in [-0.05, 0) is 17.7 Å². The molecule has 21 heavy (non-hydrogen) atoms. The van der Waals surface area contributed by atoms with E-state index >= 15 is 0 Å². The molecule has 1 heterocycles. The van der Waals surface area contributed by atoms with E-state index in [1.165, 1.54) is 0 Å². The fourth-order valence-corrected chi connectivity index (χ4v) is 2.14. The molecule has 2 N–H and O–H groups in total. The summed E-state index contributed by atoms with van der Waals surface area (Å²) >= 11 is 0. The van der Waals surface area contributed by atoms with Crippen molar-refractivity contribution in [1.29, 1.82) is 0 Å². The molecule has 0 spiro atoms. The number of aliphatic carboxylic acids is 1. The summed E-state index contributed by atoms with van der Waals surface area (Å²) in [6.45, 7) is 4.55. The predicted octanol–water partition coefficient (Wildman–Crippen LogP) is 1.69. The number of nitrogens with one attached hydrogen (secondary N) is 1. The van der Waals surface area contributed by atoms with Gasteiger partial charge in [-0.1, -0.05) is 6.08 Å². The molecule has 4 nitrogen and oxygen atoms in total. The molecule has 2 rings (SSSR count). The molecular formula is C14H15F3N2O2. The highest BCUT2D eigenvalue weighted by Crippen LogP contribution is 2.25. The van der Waals surface area contributed by atoms with Crippen molar-refractivity contribution in [2.45, 2.75) is 12.1 Å². The van der Waals surface area contributed by atoms with E-state index in [1.54, 1.807) is 11.0 Å². The van der Waals surface area contributed by atoms with Gasteiger partial charge in [0.1, 0.15) is 6.04 Å². The predicted molar refractivity (Wildman–Crippen MR) is 70.3 cm³/mol. The lowest BCUT2D eigenvalue weighted by Gasteiger charge is -2.19. The van der Waals surface area contributed by atoms with Crippen molar-refractivity contribution in [3.8, 4) is 0 Å². The van der Waals surface area contributed by atoms with Crippen LogP contribution in [-0.4, -0.2) is 41.7 Å². The van der Waals surface area contributed by atoms with Crippen LogP contribution in [0.1, 0.15) is 11.6 Å². The molecule has 0 aromatic heterocycles. The smallest absolute Gasteiger partial charge is 0.322 e. The maximum Gasteiger partial charge on any atom is 0.322 e. The first kappa shape index (κ1) is 15.5. The van der Waals surface area contributed by atoms with Gasteiger partial charge in [-0.25, -0.2) is 13.2 Å². The maximum atomic E-state index is 13.3. The summed E-state index contributed by atoms with van der Waals surface area (Å²) < 4.78 is 39.6. The molecular weight excluding hydrogens is 285 g/mol. The van der Waals surface area contributed by atoms with Crippen LogP contribution in [0.4, 0.5) is 13.2 Å². The molecule has 0 aliphatic carbocycles. The molecule has 1 aliphatic heterocycles. The fraction of sp³-hybridized carbons (Fsp3) is 0.357. The monoisotopic (exact) mass is 300 g/mol. The van der Waals surface area contributed by atoms with E-state index in [0.717, 1.165) is 12.1 Å². The number of hydrogen-bond acceptors (Lipinski definition) is 3. The van der Waals surface area contributed by atoms with Crippen molar-refractivity contribution in [1.82, 2.24) is 10.2 Å². The topological polar surface area (TPSA) is 52.3 Å². The third-order valence-corrected chi connectivity index (χ3v) is 3.33. The molecule has 1 saturated heterocycles. The van der Waals surface area contributed by atoms with Gasteiger partial charge in [-0.3, -0.25) is 9.69 Å². The Morgan fingerprint density at radius 3 is 2.57 bits per heavy atom. The Morgan fingerprint density at radius 2 is 2.10 bits per heavy atom. The highest BCUT2D eigenvalue weighted by molar-refractivity contribution is 5.76. The summed E-state index contributed by atoms with van der Waals surface area (Å²) in [5.41, 5.74) is 0.226. The van der Waals surface area contributed by atoms with Gasteiger partial charge in [0.2, 0.25) is 0 Å². The van der Waals surface area contributed by atoms with E-state index in [9.17, 15) is 18.0 Å². The minimum atomic E-state index is -1.52. The molecule has 0 amide bonds. The van der Waals surface area contributed by atoms with Gasteiger partial charge in [-0.2, -0.15) is 0 Å². The summed E-state index contributed by atoms with van der Waals surface area (Å²) in [7, 11) is 0. The zero-order valence-corrected chi connectivity index (χ0v) is 11.2. The molecule has 1 aromatic carbocycles. The lowest BCUT2D eigenvalue weighted by Crippen LogP contribution is -2.29. The van der Waals surface area contributed by atoms with E-state index in [-0.39, 0.29) is 12.1 Å². The van der Waals surface area contributed by atoms with Gasteiger partial charge in [0.15, 0.2) is 17.5 Å². The van der Waals surface area contributed by atoms with Crippen molar-refractivity contribution in [3.63, 3.8) is 0 Å². The number of carboxylic acid groups (broad SMARTS) is 1. The molecule has 1 aliphatic rings. The van der Waals surface area contributed by atoms with E-state index in [1.807, 2.05) is 0 Å². The van der Waals surface area contributed by atoms with Crippen LogP contribution in [0.2, 0.25) is 0 Å². The Hall–Kier alpha value is -1.86. The zero-order valence-electron chi connectivity index (χ0n) is 11.2. The van der Waals surface area contributed by atoms with E-state index in [0.29, 0.717) is 13.1 Å². The van der Waals surface area contributed by atoms with Crippen molar-refractivity contribution in [3.05, 3.63) is 47.8 Å². The molecule has 114 valence electrons. The Morgan fingerprint density at radius 1 is 1.48 bits per heavy atom. The molecule has 0 radical (unpaired) electrons. The first-order valence-electron chi connectivity index (χ1n) is 6.39. The van der Waals surface area contributed by atoms with Gasteiger partial charge >= 0.3 is 5.97 Å². The van der Waals surface area contributed by atoms with Gasteiger partial charge in [-0.15, -0.1) is 6.58 Å². The molecule has 0 bridgehead atoms. The van der Waals surface area contributed by atoms with Crippen LogP contribution in [0.5, 0.6) is 0 Å². The van der Waals surface area contributed by atoms with Crippen molar-refractivity contribution >= 4 is 5.97 Å². The summed E-state index contributed by atoms with van der Waals surface area (Å²) in [4.78, 5) is 12.5. The number of carboxylic acids is 1. The highest BCUT2D eigenvalue weighted by Gasteiger charge is 2.41. The Labute approximate surface area is 119 Å². The van der Waals surface area contributed by atoms with Gasteiger partial charge < -0.3 is 10.4 Å². The summed E-state index contributed by atoms with van der Waals surface area (Å²) in [6, 6.07) is 0.738. The Balaban J connectivity index is 2.16. The molecule has 3 unspecified atom stereocenters. The van der Waals surface area contributed by atoms with Crippen LogP contribution in [0.25, 0.3) is 0 Å². The molecule has 0 saturated carbocycles. The Bertz CT molecular complexity index is 542. The van der Waals surface area contributed by atoms with Crippen molar-refractivity contribution in [2.24, 2.45) is 0 Å². The highest BCUT2D eigenvalue weighted by atomic mass is 19.2. The molecule has 7 heteroatoms. The minimum absolute atomic E-state index is 0.226. The zero-order chi connectivity index (χ0) is 15.6. The number of nitrogens with zero attached hydrogens (tertiary/aromatic N) is 1. The molecule has 1 aromatic rings. The standard InChI is InChI=1S/C14H15F3N2O2/c1-2-3-18-11(6-19-7-12(19)14(20)21)8-4-9(15)13(17)10(16)5-8/h2,4-5,11-12,18H,1,3,6-7H2,(H,20,21). The number of carbonyl (C=O) groups is 1. The van der Waals surface area contributed by atoms with Crippen LogP contribution in [0.15, 0.2) is 24.8 Å². The third kappa shape index (κ3) is 3.62. The van der Waals surface area contributed by atoms with Crippen LogP contribution in [-0.2, 0) is 4.79 Å². The largest absolute Gasteiger partial charge is 0.480 e. The van der Waals surface area contributed by atoms with Crippen LogP contribution < -0.4 is 5.32 Å². The second kappa shape index (κ2) is 6.28. The van der Waals surface area contributed by atoms with E-state index in [2.05, 4.69) is 11.9 Å². The second-order valence-corrected chi connectivity index (χ2v) is 4.86. The lowest BCUT2D eigenvalue weighted by atomic mass is 10.1. The van der Waals surface area contributed by atoms with Crippen LogP contribution >= 0.6 is 0 Å². The normalized spacial score (nSPS) is 21.9. The van der Waals surface area contributed by atoms with Crippen LogP contribution in [0, 0.1) is 17.5 Å². The molecule has 3 atom stereocenters. The quantitative estimate of drug-likeness (QED) is 0.457. The van der Waals surface area contributed by atoms with Crippen molar-refractivity contribution < 1.29 is 23.1 Å². The maximum absolute atomic E-state index is 13.3. The summed E-state index contributed by atoms with van der Waals surface area (Å²) in [5.74, 6) is -4.99. The second-order valence-electron chi connectivity index (χ2n) is 4.86. The first-order valence-corrected chi connectivity index (χ1v) is 6.39. The minimum Gasteiger partial charge on any atom is -0.480 e. The van der Waals surface area contributed by atoms with E-state index in [4.69, 9.17) is 5.11 Å². The number of rotatable bonds is 7. The molecule has 1 fully saturated rings. The van der Waals surface area contributed by atoms with Gasteiger partial charge in [0, 0.05) is 25.7 Å². The fourth-order valence-electron chi connectivity index (χ4n) is 2.14. The van der Waals surface area contributed by atoms with Crippen molar-refractivity contribution in [2.75, 3.05) is 19.6 Å². The number of benzene rings is 1. The summed E-state index contributed by atoms with van der Waals surface area (Å²) in [6.07, 6.45) is 1.57. The Kier molecular flexibility index (Phi) is 4.64. The summed E-state index contributed by atoms with van der Waals surface area (Å²) in [5, 5.41) is 11.8. The average Bonchev–Trinajstić information content (AvgIpc) is 3.19. The average molecular weight is 300 g/mol. The number of halogens is 3. The third-order valence-electron chi connectivity index (χ3n) is 3.33. The lowest BCUT2D eigenvalue weighted by molar-refractivity contribution is -0.137.